The number of carboxylic acids is 3. The molecule has 15 atom stereocenters. The zero-order chi connectivity index (χ0) is 49.4. The van der Waals surface area contributed by atoms with Gasteiger partial charge < -0.3 is 15.3 Å². The lowest BCUT2D eigenvalue weighted by molar-refractivity contribution is -0.172. The van der Waals surface area contributed by atoms with E-state index in [4.69, 9.17) is 0 Å². The van der Waals surface area contributed by atoms with Crippen molar-refractivity contribution in [2.45, 2.75) is 193 Å². The molecule has 0 spiro atoms. The third-order valence-electron chi connectivity index (χ3n) is 23.0. The minimum Gasteiger partial charge on any atom is -0.481 e. The molecule has 0 aromatic heterocycles. The molecule has 68 heavy (non-hydrogen) atoms. The molecule has 374 valence electrons. The minimum atomic E-state index is -0.975. The average Bonchev–Trinajstić information content (AvgIpc) is 3.27. The third kappa shape index (κ3) is 7.43. The summed E-state index contributed by atoms with van der Waals surface area (Å²) in [6.07, 6.45) is 24.4. The van der Waals surface area contributed by atoms with E-state index in [-0.39, 0.29) is 63.6 Å². The first kappa shape index (κ1) is 49.8. The number of hydrogen-bond donors (Lipinski definition) is 3. The van der Waals surface area contributed by atoms with Crippen molar-refractivity contribution in [2.75, 3.05) is 0 Å². The Kier molecular flexibility index (Phi) is 12.4. The summed E-state index contributed by atoms with van der Waals surface area (Å²) in [5.74, 6) is 0.641. The fourth-order valence-electron chi connectivity index (χ4n) is 19.2. The Morgan fingerprint density at radius 1 is 0.618 bits per heavy atom. The molecule has 15 unspecified atom stereocenters. The summed E-state index contributed by atoms with van der Waals surface area (Å²) in [5, 5.41) is 34.1. The van der Waals surface area contributed by atoms with E-state index < -0.39 is 34.2 Å². The van der Waals surface area contributed by atoms with E-state index in [1.165, 1.54) is 44.6 Å². The summed E-state index contributed by atoms with van der Waals surface area (Å²) in [7, 11) is 0. The van der Waals surface area contributed by atoms with Crippen molar-refractivity contribution < 1.29 is 29.7 Å². The van der Waals surface area contributed by atoms with Crippen LogP contribution in [0.15, 0.2) is 68.9 Å². The van der Waals surface area contributed by atoms with Crippen LogP contribution < -0.4 is 0 Å². The predicted octanol–water partition coefficient (Wildman–Crippen LogP) is 15.5. The van der Waals surface area contributed by atoms with Gasteiger partial charge in [0, 0.05) is 0 Å². The average molecular weight is 931 g/mol. The van der Waals surface area contributed by atoms with E-state index >= 15 is 0 Å². The Labute approximate surface area is 411 Å². The smallest absolute Gasteiger partial charge is 0.309 e. The van der Waals surface area contributed by atoms with Gasteiger partial charge in [-0.05, 0) is 228 Å². The van der Waals surface area contributed by atoms with E-state index in [0.717, 1.165) is 83.5 Å². The van der Waals surface area contributed by atoms with Crippen LogP contribution in [0.5, 0.6) is 0 Å². The van der Waals surface area contributed by atoms with Crippen molar-refractivity contribution in [3.63, 3.8) is 0 Å². The molecule has 9 aliphatic rings. The van der Waals surface area contributed by atoms with Crippen LogP contribution in [0.3, 0.4) is 0 Å². The van der Waals surface area contributed by atoms with Gasteiger partial charge in [0.15, 0.2) is 0 Å². The molecule has 0 aromatic rings. The molecule has 0 aromatic carbocycles. The number of fused-ring (bicyclic) bond motifs is 9. The molecular formula is C62H90O6. The fraction of sp³-hybridized carbons (Fsp3) is 0.758. The van der Waals surface area contributed by atoms with Crippen LogP contribution in [-0.2, 0) is 14.4 Å². The monoisotopic (exact) mass is 931 g/mol. The van der Waals surface area contributed by atoms with E-state index in [9.17, 15) is 29.7 Å². The van der Waals surface area contributed by atoms with Gasteiger partial charge in [-0.3, -0.25) is 14.4 Å². The largest absolute Gasteiger partial charge is 0.481 e. The molecule has 0 amide bonds. The molecule has 4 saturated carbocycles. The van der Waals surface area contributed by atoms with Gasteiger partial charge in [0.05, 0.1) is 16.2 Å². The highest BCUT2D eigenvalue weighted by molar-refractivity contribution is 5.77. The van der Waals surface area contributed by atoms with Crippen LogP contribution >= 0.6 is 0 Å². The molecule has 0 saturated heterocycles. The SMILES string of the molecule is CC1=C2C=C(C(C)C)CCC2C2(C)CC(CC3CC4C(C)(C(=O)O)CC(C5=C6C=C(C(C)C)CCC6C6(C)CCCC(C)(C(=O)O)C6C5)CC4(C)C4CC=C(C(C)C)C=C34)CC(C)(C(=O)O)C2C1. The number of allylic oxidation sites excluding steroid dienone is 12. The Morgan fingerprint density at radius 3 is 1.76 bits per heavy atom. The number of rotatable bonds is 9. The number of aliphatic carboxylic acids is 3. The summed E-state index contributed by atoms with van der Waals surface area (Å²) >= 11 is 0. The molecule has 6 heteroatoms. The molecule has 4 fully saturated rings. The van der Waals surface area contributed by atoms with Crippen molar-refractivity contribution in [3.8, 4) is 0 Å². The van der Waals surface area contributed by atoms with Gasteiger partial charge in [0.1, 0.15) is 0 Å². The van der Waals surface area contributed by atoms with Crippen LogP contribution in [0.25, 0.3) is 0 Å². The Morgan fingerprint density at radius 2 is 1.18 bits per heavy atom. The summed E-state index contributed by atoms with van der Waals surface area (Å²) in [5.41, 5.74) is 8.46. The lowest BCUT2D eigenvalue weighted by atomic mass is 9.40. The van der Waals surface area contributed by atoms with Gasteiger partial charge in [-0.1, -0.05) is 121 Å². The first-order valence-corrected chi connectivity index (χ1v) is 27.7. The Balaban J connectivity index is 1.12. The fourth-order valence-corrected chi connectivity index (χ4v) is 19.2. The van der Waals surface area contributed by atoms with Gasteiger partial charge in [0.2, 0.25) is 0 Å². The highest BCUT2D eigenvalue weighted by Crippen LogP contribution is 2.72. The Bertz CT molecular complexity index is 2310. The maximum atomic E-state index is 14.4. The van der Waals surface area contributed by atoms with Gasteiger partial charge >= 0.3 is 17.9 Å². The van der Waals surface area contributed by atoms with Crippen LogP contribution in [-0.4, -0.2) is 33.2 Å². The second-order valence-corrected chi connectivity index (χ2v) is 27.6. The van der Waals surface area contributed by atoms with E-state index in [1.807, 2.05) is 6.92 Å². The summed E-state index contributed by atoms with van der Waals surface area (Å²) < 4.78 is 0. The lowest BCUT2D eigenvalue weighted by Gasteiger charge is -2.64. The van der Waals surface area contributed by atoms with Gasteiger partial charge in [0.25, 0.3) is 0 Å². The zero-order valence-corrected chi connectivity index (χ0v) is 44.6. The van der Waals surface area contributed by atoms with Crippen molar-refractivity contribution >= 4 is 17.9 Å². The minimum absolute atomic E-state index is 0.00740. The van der Waals surface area contributed by atoms with Crippen LogP contribution in [0.1, 0.15) is 193 Å². The second-order valence-electron chi connectivity index (χ2n) is 27.6. The van der Waals surface area contributed by atoms with Crippen LogP contribution in [0, 0.1) is 104 Å². The van der Waals surface area contributed by atoms with E-state index in [2.05, 4.69) is 107 Å². The normalized spacial score (nSPS) is 44.6. The van der Waals surface area contributed by atoms with E-state index in [0.29, 0.717) is 42.9 Å². The third-order valence-corrected chi connectivity index (χ3v) is 23.0. The maximum Gasteiger partial charge on any atom is 0.309 e. The quantitative estimate of drug-likeness (QED) is 0.212. The standard InChI is InChI=1S/C62H90O6/c1-34(2)39-15-18-48-44(25-39)37(7)23-51-59(48,10)30-38(31-61(51,12)55(65)66)24-42-28-52-60(11,49-19-16-40(35(3)4)26-46(42)49)32-43(33-62(52,13)56(67)68)45-29-53-57(8,21-14-22-58(53,9)54(63)64)50-20-17-41(36(5)6)27-47(45)50/h16,25-27,34-36,38,42-43,48-53H,14-15,17-24,28-33H2,1-13H3,(H,63,64)(H,65,66)(H,67,68). The predicted molar refractivity (Wildman–Crippen MR) is 273 cm³/mol. The first-order chi connectivity index (χ1) is 31.7. The van der Waals surface area contributed by atoms with Crippen molar-refractivity contribution in [1.82, 2.24) is 0 Å². The molecule has 0 heterocycles. The molecule has 9 aliphatic carbocycles. The van der Waals surface area contributed by atoms with Gasteiger partial charge in [-0.25, -0.2) is 0 Å². The molecule has 0 bridgehead atoms. The van der Waals surface area contributed by atoms with E-state index in [1.54, 1.807) is 0 Å². The second kappa shape index (κ2) is 17.0. The number of hydrogen-bond acceptors (Lipinski definition) is 3. The van der Waals surface area contributed by atoms with Crippen molar-refractivity contribution in [2.24, 2.45) is 104 Å². The van der Waals surface area contributed by atoms with Crippen LogP contribution in [0.2, 0.25) is 0 Å². The molecule has 3 N–H and O–H groups in total. The van der Waals surface area contributed by atoms with Crippen LogP contribution in [0.4, 0.5) is 0 Å². The topological polar surface area (TPSA) is 112 Å². The maximum absolute atomic E-state index is 14.4. The molecule has 0 radical (unpaired) electrons. The van der Waals surface area contributed by atoms with Gasteiger partial charge in [-0.15, -0.1) is 0 Å². The zero-order valence-electron chi connectivity index (χ0n) is 44.6. The molecular weight excluding hydrogens is 841 g/mol. The van der Waals surface area contributed by atoms with Crippen molar-refractivity contribution in [3.05, 3.63) is 68.9 Å². The summed E-state index contributed by atoms with van der Waals surface area (Å²) in [6.45, 7) is 29.6. The molecule has 9 rings (SSSR count). The summed E-state index contributed by atoms with van der Waals surface area (Å²) in [4.78, 5) is 41.6. The highest BCUT2D eigenvalue weighted by atomic mass is 16.4. The number of carboxylic acid groups (broad SMARTS) is 3. The summed E-state index contributed by atoms with van der Waals surface area (Å²) in [6, 6.07) is 0. The van der Waals surface area contributed by atoms with Crippen molar-refractivity contribution in [1.29, 1.82) is 0 Å². The highest BCUT2D eigenvalue weighted by Gasteiger charge is 2.66. The molecule has 6 nitrogen and oxygen atoms in total. The molecule has 0 aliphatic heterocycles. The lowest BCUT2D eigenvalue weighted by Crippen LogP contribution is -2.59. The first-order valence-electron chi connectivity index (χ1n) is 27.7. The Hall–Kier alpha value is -3.15. The van der Waals surface area contributed by atoms with Gasteiger partial charge in [-0.2, -0.15) is 0 Å². The number of carbonyl (C=O) groups is 3.